The van der Waals surface area contributed by atoms with Crippen molar-refractivity contribution in [1.82, 2.24) is 14.4 Å². The minimum Gasteiger partial charge on any atom is -0.391 e. The fourth-order valence-corrected chi connectivity index (χ4v) is 3.61. The molecule has 1 aliphatic heterocycles. The zero-order valence-electron chi connectivity index (χ0n) is 13.4. The Morgan fingerprint density at radius 2 is 2.18 bits per heavy atom. The van der Waals surface area contributed by atoms with Crippen LogP contribution in [0.3, 0.4) is 0 Å². The highest BCUT2D eigenvalue weighted by molar-refractivity contribution is 7.89. The van der Waals surface area contributed by atoms with E-state index in [0.717, 1.165) is 18.0 Å². The van der Waals surface area contributed by atoms with Gasteiger partial charge in [-0.3, -0.25) is 0 Å². The molecule has 1 fully saturated rings. The number of hydrogen-bond donors (Lipinski definition) is 1. The fraction of sp³-hybridized carbons (Fsp3) is 0.786. The zero-order valence-corrected chi connectivity index (χ0v) is 14.2. The van der Waals surface area contributed by atoms with Crippen LogP contribution in [0, 0.1) is 12.8 Å². The lowest BCUT2D eigenvalue weighted by Gasteiger charge is -2.16. The molecule has 0 bridgehead atoms. The Morgan fingerprint density at radius 3 is 2.77 bits per heavy atom. The number of hydrogen-bond acceptors (Lipinski definition) is 6. The number of aromatic nitrogens is 1. The van der Waals surface area contributed by atoms with E-state index in [4.69, 9.17) is 4.52 Å². The fourth-order valence-electron chi connectivity index (χ4n) is 2.75. The molecule has 1 saturated heterocycles. The highest BCUT2D eigenvalue weighted by Gasteiger charge is 2.32. The maximum atomic E-state index is 11.7. The van der Waals surface area contributed by atoms with Crippen molar-refractivity contribution in [3.05, 3.63) is 17.5 Å². The summed E-state index contributed by atoms with van der Waals surface area (Å²) in [5.41, 5.74) is 0.841. The zero-order chi connectivity index (χ0) is 16.3. The van der Waals surface area contributed by atoms with Crippen molar-refractivity contribution in [2.75, 3.05) is 39.5 Å². The Bertz CT molecular complexity index is 585. The van der Waals surface area contributed by atoms with Crippen LogP contribution in [-0.2, 0) is 16.4 Å². The first-order chi connectivity index (χ1) is 10.3. The molecule has 7 nitrogen and oxygen atoms in total. The van der Waals surface area contributed by atoms with E-state index in [9.17, 15) is 13.5 Å². The van der Waals surface area contributed by atoms with Gasteiger partial charge in [0.25, 0.3) is 0 Å². The average Bonchev–Trinajstić information content (AvgIpc) is 2.97. The minimum absolute atomic E-state index is 0.109. The number of likely N-dealkylation sites (tertiary alicyclic amines) is 1. The predicted octanol–water partition coefficient (Wildman–Crippen LogP) is 0.0997. The van der Waals surface area contributed by atoms with Gasteiger partial charge in [-0.2, -0.15) is 0 Å². The van der Waals surface area contributed by atoms with Gasteiger partial charge in [0.1, 0.15) is 5.76 Å². The van der Waals surface area contributed by atoms with E-state index in [1.165, 1.54) is 4.31 Å². The molecule has 2 rings (SSSR count). The summed E-state index contributed by atoms with van der Waals surface area (Å²) in [7, 11) is -0.0499. The molecule has 1 aliphatic rings. The van der Waals surface area contributed by atoms with Crippen LogP contribution in [0.15, 0.2) is 10.6 Å². The van der Waals surface area contributed by atoms with E-state index in [0.29, 0.717) is 25.9 Å². The van der Waals surface area contributed by atoms with Gasteiger partial charge in [0.2, 0.25) is 10.0 Å². The van der Waals surface area contributed by atoms with Crippen molar-refractivity contribution in [3.8, 4) is 0 Å². The number of aliphatic hydroxyl groups excluding tert-OH is 1. The van der Waals surface area contributed by atoms with Gasteiger partial charge in [0.05, 0.1) is 17.6 Å². The molecule has 8 heteroatoms. The van der Waals surface area contributed by atoms with Crippen molar-refractivity contribution < 1.29 is 18.0 Å². The largest absolute Gasteiger partial charge is 0.391 e. The normalized spacial score (nSPS) is 23.5. The molecule has 22 heavy (non-hydrogen) atoms. The average molecular weight is 331 g/mol. The number of β-amino-alcohol motifs (C(OH)–C–C–N with tert-alkyl or cyclic N) is 1. The molecule has 0 amide bonds. The van der Waals surface area contributed by atoms with Gasteiger partial charge < -0.3 is 14.5 Å². The van der Waals surface area contributed by atoms with E-state index in [1.807, 2.05) is 13.0 Å². The highest BCUT2D eigenvalue weighted by atomic mass is 32.2. The van der Waals surface area contributed by atoms with Crippen molar-refractivity contribution in [2.24, 2.45) is 5.92 Å². The maximum absolute atomic E-state index is 11.7. The number of rotatable bonds is 7. The molecule has 1 N–H and O–H groups in total. The van der Waals surface area contributed by atoms with E-state index < -0.39 is 16.1 Å². The molecule has 0 aliphatic carbocycles. The lowest BCUT2D eigenvalue weighted by molar-refractivity contribution is 0.138. The third-order valence-corrected chi connectivity index (χ3v) is 5.97. The van der Waals surface area contributed by atoms with Crippen LogP contribution in [0.4, 0.5) is 0 Å². The number of nitrogens with zero attached hydrogens (tertiary/aromatic N) is 3. The summed E-state index contributed by atoms with van der Waals surface area (Å²) in [6, 6.07) is 1.89. The highest BCUT2D eigenvalue weighted by Crippen LogP contribution is 2.22. The third-order valence-electron chi connectivity index (χ3n) is 4.06. The van der Waals surface area contributed by atoms with Crippen LogP contribution in [0.5, 0.6) is 0 Å². The number of sulfonamides is 1. The molecule has 0 radical (unpaired) electrons. The molecular formula is C14H25N3O4S. The van der Waals surface area contributed by atoms with Crippen molar-refractivity contribution in [1.29, 1.82) is 0 Å². The molecule has 1 aromatic heterocycles. The first-order valence-corrected chi connectivity index (χ1v) is 9.11. The second-order valence-corrected chi connectivity index (χ2v) is 8.48. The van der Waals surface area contributed by atoms with Crippen LogP contribution in [-0.4, -0.2) is 73.5 Å². The summed E-state index contributed by atoms with van der Waals surface area (Å²) >= 11 is 0. The first kappa shape index (κ1) is 17.4. The van der Waals surface area contributed by atoms with Crippen molar-refractivity contribution in [2.45, 2.75) is 25.9 Å². The van der Waals surface area contributed by atoms with Gasteiger partial charge in [-0.15, -0.1) is 0 Å². The quantitative estimate of drug-likeness (QED) is 0.762. The Morgan fingerprint density at radius 1 is 1.45 bits per heavy atom. The van der Waals surface area contributed by atoms with Crippen molar-refractivity contribution in [3.63, 3.8) is 0 Å². The summed E-state index contributed by atoms with van der Waals surface area (Å²) in [6.07, 6.45) is 0.825. The van der Waals surface area contributed by atoms with Crippen molar-refractivity contribution >= 4 is 10.0 Å². The summed E-state index contributed by atoms with van der Waals surface area (Å²) in [5.74, 6) is 1.04. The molecule has 2 atom stereocenters. The molecule has 1 aromatic rings. The van der Waals surface area contributed by atoms with Crippen LogP contribution >= 0.6 is 0 Å². The van der Waals surface area contributed by atoms with Gasteiger partial charge >= 0.3 is 0 Å². The monoisotopic (exact) mass is 331 g/mol. The van der Waals surface area contributed by atoms with Gasteiger partial charge in [-0.1, -0.05) is 5.16 Å². The van der Waals surface area contributed by atoms with Gasteiger partial charge in [-0.05, 0) is 19.9 Å². The molecule has 0 spiro atoms. The van der Waals surface area contributed by atoms with Crippen LogP contribution in [0.2, 0.25) is 0 Å². The maximum Gasteiger partial charge on any atom is 0.213 e. The Labute approximate surface area is 131 Å². The van der Waals surface area contributed by atoms with Gasteiger partial charge in [0.15, 0.2) is 0 Å². The van der Waals surface area contributed by atoms with Gasteiger partial charge in [-0.25, -0.2) is 12.7 Å². The Hall–Kier alpha value is -0.960. The molecule has 0 saturated carbocycles. The molecule has 0 aromatic carbocycles. The third kappa shape index (κ3) is 4.52. The van der Waals surface area contributed by atoms with E-state index in [-0.39, 0.29) is 11.7 Å². The molecule has 0 unspecified atom stereocenters. The van der Waals surface area contributed by atoms with Gasteiger partial charge in [0, 0.05) is 45.6 Å². The van der Waals surface area contributed by atoms with E-state index in [1.54, 1.807) is 14.1 Å². The minimum atomic E-state index is -3.14. The number of aryl methyl sites for hydroxylation is 1. The predicted molar refractivity (Wildman–Crippen MR) is 83.0 cm³/mol. The Balaban J connectivity index is 1.78. The Kier molecular flexibility index (Phi) is 5.60. The van der Waals surface area contributed by atoms with E-state index >= 15 is 0 Å². The summed E-state index contributed by atoms with van der Waals surface area (Å²) in [6.45, 7) is 3.88. The topological polar surface area (TPSA) is 86.9 Å². The summed E-state index contributed by atoms with van der Waals surface area (Å²) in [4.78, 5) is 2.11. The van der Waals surface area contributed by atoms with E-state index in [2.05, 4.69) is 10.1 Å². The smallest absolute Gasteiger partial charge is 0.213 e. The number of aliphatic hydroxyl groups is 1. The SMILES string of the molecule is Cc1cc(C[C@@H]2CN(CCCS(=O)(=O)N(C)C)C[C@@H]2O)on1. The van der Waals surface area contributed by atoms with Crippen LogP contribution < -0.4 is 0 Å². The molecule has 126 valence electrons. The summed E-state index contributed by atoms with van der Waals surface area (Å²) in [5, 5.41) is 14.0. The lowest BCUT2D eigenvalue weighted by atomic mass is 10.0. The lowest BCUT2D eigenvalue weighted by Crippen LogP contribution is -2.29. The first-order valence-electron chi connectivity index (χ1n) is 7.51. The van der Waals surface area contributed by atoms with Crippen LogP contribution in [0.1, 0.15) is 17.9 Å². The molecular weight excluding hydrogens is 306 g/mol. The standard InChI is InChI=1S/C14H25N3O4S/c1-11-7-13(21-15-11)8-12-9-17(10-14(12)18)5-4-6-22(19,20)16(2)3/h7,12,14,18H,4-6,8-10H2,1-3H3/t12-,14+/m1/s1. The molecule has 2 heterocycles. The second-order valence-electron chi connectivity index (χ2n) is 6.18. The second kappa shape index (κ2) is 7.08. The summed E-state index contributed by atoms with van der Waals surface area (Å²) < 4.78 is 29.9. The van der Waals surface area contributed by atoms with Crippen LogP contribution in [0.25, 0.3) is 0 Å².